The zero-order valence-corrected chi connectivity index (χ0v) is 11.7. The summed E-state index contributed by atoms with van der Waals surface area (Å²) in [7, 11) is 0. The molecular weight excluding hydrogens is 282 g/mol. The lowest BCUT2D eigenvalue weighted by atomic mass is 10.2. The van der Waals surface area contributed by atoms with Gasteiger partial charge in [0.2, 0.25) is 0 Å². The highest BCUT2D eigenvalue weighted by Crippen LogP contribution is 2.27. The number of furan rings is 1. The third-order valence-corrected chi connectivity index (χ3v) is 3.60. The maximum atomic E-state index is 13.8. The van der Waals surface area contributed by atoms with Crippen molar-refractivity contribution in [2.24, 2.45) is 0 Å². The first-order valence-electron chi connectivity index (χ1n) is 6.13. The Morgan fingerprint density at radius 1 is 1.30 bits per heavy atom. The molecule has 1 atom stereocenters. The zero-order valence-electron chi connectivity index (χ0n) is 10.9. The molecule has 0 fully saturated rings. The minimum atomic E-state index is -0.660. The number of benzene rings is 1. The van der Waals surface area contributed by atoms with E-state index in [1.54, 1.807) is 4.57 Å². The Balaban J connectivity index is 2.25. The highest BCUT2D eigenvalue weighted by Gasteiger charge is 2.18. The van der Waals surface area contributed by atoms with Crippen molar-refractivity contribution in [1.29, 1.82) is 0 Å². The number of hydrogen-bond acceptors (Lipinski definition) is 2. The van der Waals surface area contributed by atoms with Crippen LogP contribution in [0.2, 0.25) is 0 Å². The van der Waals surface area contributed by atoms with E-state index >= 15 is 0 Å². The second-order valence-electron chi connectivity index (χ2n) is 4.71. The number of nitrogens with one attached hydrogen (secondary N) is 1. The highest BCUT2D eigenvalue weighted by atomic mass is 32.1. The molecule has 1 unspecified atom stereocenters. The molecule has 104 valence electrons. The molecule has 3 rings (SSSR count). The van der Waals surface area contributed by atoms with Gasteiger partial charge in [0, 0.05) is 6.07 Å². The van der Waals surface area contributed by atoms with E-state index in [1.807, 2.05) is 26.0 Å². The summed E-state index contributed by atoms with van der Waals surface area (Å²) < 4.78 is 34.7. The van der Waals surface area contributed by atoms with Crippen LogP contribution in [0.5, 0.6) is 0 Å². The number of hydrogen-bond donors (Lipinski definition) is 1. The number of halogens is 2. The van der Waals surface area contributed by atoms with E-state index in [1.165, 1.54) is 6.07 Å². The fourth-order valence-corrected chi connectivity index (χ4v) is 2.70. The molecule has 3 nitrogen and oxygen atoms in total. The topological polar surface area (TPSA) is 33.9 Å². The van der Waals surface area contributed by atoms with Gasteiger partial charge in [-0.15, -0.1) is 0 Å². The summed E-state index contributed by atoms with van der Waals surface area (Å²) in [6.45, 7) is 3.70. The fourth-order valence-electron chi connectivity index (χ4n) is 2.34. The molecule has 0 aliphatic heterocycles. The predicted molar refractivity (Wildman–Crippen MR) is 74.3 cm³/mol. The number of aromatic amines is 1. The van der Waals surface area contributed by atoms with Crippen LogP contribution in [-0.4, -0.2) is 9.55 Å². The largest absolute Gasteiger partial charge is 0.464 e. The quantitative estimate of drug-likeness (QED) is 0.707. The second-order valence-corrected chi connectivity index (χ2v) is 5.09. The maximum Gasteiger partial charge on any atom is 0.178 e. The van der Waals surface area contributed by atoms with E-state index in [4.69, 9.17) is 16.6 Å². The van der Waals surface area contributed by atoms with Crippen LogP contribution in [-0.2, 0) is 0 Å². The van der Waals surface area contributed by atoms with Crippen LogP contribution in [0.1, 0.15) is 24.5 Å². The van der Waals surface area contributed by atoms with Crippen LogP contribution < -0.4 is 0 Å². The van der Waals surface area contributed by atoms with E-state index < -0.39 is 11.6 Å². The van der Waals surface area contributed by atoms with Crippen molar-refractivity contribution in [3.8, 4) is 0 Å². The SMILES string of the molecule is Cc1ccc(C(C)n2c(=S)[nH]c3c(F)cc(F)cc32)o1. The van der Waals surface area contributed by atoms with Gasteiger partial charge in [0.25, 0.3) is 0 Å². The van der Waals surface area contributed by atoms with Crippen molar-refractivity contribution in [2.75, 3.05) is 0 Å². The van der Waals surface area contributed by atoms with Gasteiger partial charge in [-0.3, -0.25) is 0 Å². The average molecular weight is 294 g/mol. The summed E-state index contributed by atoms with van der Waals surface area (Å²) in [5.41, 5.74) is 0.584. The molecule has 0 spiro atoms. The number of nitrogens with zero attached hydrogens (tertiary/aromatic N) is 1. The number of rotatable bonds is 2. The third-order valence-electron chi connectivity index (χ3n) is 3.30. The molecule has 2 heterocycles. The Morgan fingerprint density at radius 3 is 2.70 bits per heavy atom. The first-order valence-corrected chi connectivity index (χ1v) is 6.54. The van der Waals surface area contributed by atoms with Crippen LogP contribution in [0.3, 0.4) is 0 Å². The van der Waals surface area contributed by atoms with Crippen molar-refractivity contribution in [1.82, 2.24) is 9.55 Å². The lowest BCUT2D eigenvalue weighted by molar-refractivity contribution is 0.431. The minimum absolute atomic E-state index is 0.200. The number of aromatic nitrogens is 2. The molecule has 2 aromatic heterocycles. The molecule has 6 heteroatoms. The fraction of sp³-hybridized carbons (Fsp3) is 0.214. The van der Waals surface area contributed by atoms with Crippen molar-refractivity contribution in [2.45, 2.75) is 19.9 Å². The monoisotopic (exact) mass is 294 g/mol. The summed E-state index contributed by atoms with van der Waals surface area (Å²) in [6.07, 6.45) is 0. The second kappa shape index (κ2) is 4.56. The van der Waals surface area contributed by atoms with E-state index in [9.17, 15) is 8.78 Å². The minimum Gasteiger partial charge on any atom is -0.464 e. The number of H-pyrrole nitrogens is 1. The van der Waals surface area contributed by atoms with Gasteiger partial charge < -0.3 is 14.0 Å². The first-order chi connectivity index (χ1) is 9.47. The van der Waals surface area contributed by atoms with Gasteiger partial charge >= 0.3 is 0 Å². The molecule has 0 aliphatic carbocycles. The Morgan fingerprint density at radius 2 is 2.05 bits per heavy atom. The zero-order chi connectivity index (χ0) is 14.4. The number of imidazole rings is 1. The van der Waals surface area contributed by atoms with Gasteiger partial charge in [0.05, 0.1) is 11.6 Å². The van der Waals surface area contributed by atoms with Crippen LogP contribution in [0.4, 0.5) is 8.78 Å². The van der Waals surface area contributed by atoms with Gasteiger partial charge in [-0.2, -0.15) is 0 Å². The van der Waals surface area contributed by atoms with Crippen LogP contribution >= 0.6 is 12.2 Å². The van der Waals surface area contributed by atoms with Crippen molar-refractivity contribution >= 4 is 23.3 Å². The summed E-state index contributed by atoms with van der Waals surface area (Å²) in [5, 5.41) is 0. The van der Waals surface area contributed by atoms with Gasteiger partial charge in [0.15, 0.2) is 10.6 Å². The summed E-state index contributed by atoms with van der Waals surface area (Å²) >= 11 is 5.22. The normalized spacial score (nSPS) is 13.0. The Bertz CT molecular complexity index is 847. The molecule has 0 saturated heterocycles. The highest BCUT2D eigenvalue weighted by molar-refractivity contribution is 7.71. The molecule has 0 bridgehead atoms. The van der Waals surface area contributed by atoms with Gasteiger partial charge in [-0.25, -0.2) is 8.78 Å². The average Bonchev–Trinajstić information content (AvgIpc) is 2.92. The standard InChI is InChI=1S/C14H12F2N2OS/c1-7-3-4-12(19-7)8(2)18-11-6-9(15)5-10(16)13(11)17-14(18)20/h3-6,8H,1-2H3,(H,17,20). The van der Waals surface area contributed by atoms with Crippen LogP contribution in [0.15, 0.2) is 28.7 Å². The van der Waals surface area contributed by atoms with Crippen LogP contribution in [0.25, 0.3) is 11.0 Å². The lowest BCUT2D eigenvalue weighted by Gasteiger charge is -2.12. The molecule has 1 N–H and O–H groups in total. The van der Waals surface area contributed by atoms with Gasteiger partial charge in [-0.05, 0) is 44.3 Å². The van der Waals surface area contributed by atoms with Crippen molar-refractivity contribution in [3.63, 3.8) is 0 Å². The molecule has 0 saturated carbocycles. The van der Waals surface area contributed by atoms with Crippen LogP contribution in [0, 0.1) is 23.3 Å². The molecule has 0 amide bonds. The molecule has 20 heavy (non-hydrogen) atoms. The smallest absolute Gasteiger partial charge is 0.178 e. The number of fused-ring (bicyclic) bond motifs is 1. The van der Waals surface area contributed by atoms with Gasteiger partial charge in [0.1, 0.15) is 22.9 Å². The Kier molecular flexibility index (Phi) is 2.97. The molecule has 1 aromatic carbocycles. The molecular formula is C14H12F2N2OS. The summed E-state index contributed by atoms with van der Waals surface area (Å²) in [5.74, 6) is 0.160. The Hall–Kier alpha value is -1.95. The summed E-state index contributed by atoms with van der Waals surface area (Å²) in [6, 6.07) is 5.50. The molecule has 3 aromatic rings. The molecule has 0 aliphatic rings. The van der Waals surface area contributed by atoms with Gasteiger partial charge in [-0.1, -0.05) is 0 Å². The number of aryl methyl sites for hydroxylation is 1. The van der Waals surface area contributed by atoms with E-state index in [0.29, 0.717) is 16.0 Å². The lowest BCUT2D eigenvalue weighted by Crippen LogP contribution is -2.06. The Labute approximate surface area is 118 Å². The summed E-state index contributed by atoms with van der Waals surface area (Å²) in [4.78, 5) is 2.77. The van der Waals surface area contributed by atoms with E-state index in [2.05, 4.69) is 4.98 Å². The third kappa shape index (κ3) is 1.96. The van der Waals surface area contributed by atoms with Crippen molar-refractivity contribution in [3.05, 3.63) is 52.2 Å². The van der Waals surface area contributed by atoms with E-state index in [-0.39, 0.29) is 11.6 Å². The van der Waals surface area contributed by atoms with Crippen molar-refractivity contribution < 1.29 is 13.2 Å². The maximum absolute atomic E-state index is 13.8. The first kappa shape index (κ1) is 13.1. The van der Waals surface area contributed by atoms with E-state index in [0.717, 1.165) is 11.8 Å². The predicted octanol–water partition coefficient (Wildman–Crippen LogP) is 4.49. The molecule has 0 radical (unpaired) electrons.